The first-order valence-corrected chi connectivity index (χ1v) is 9.29. The lowest BCUT2D eigenvalue weighted by Gasteiger charge is -2.19. The molecule has 0 saturated carbocycles. The number of rotatable bonds is 6. The molecule has 0 radical (unpaired) electrons. The number of carbonyl (C=O) groups excluding carboxylic acids is 1. The molecule has 2 aromatic carbocycles. The number of aromatic nitrogens is 4. The summed E-state index contributed by atoms with van der Waals surface area (Å²) in [5, 5.41) is 11.5. The number of nitrogens with zero attached hydrogens (tertiary/aromatic N) is 4. The van der Waals surface area contributed by atoms with E-state index in [1.807, 2.05) is 42.5 Å². The maximum absolute atomic E-state index is 12.7. The van der Waals surface area contributed by atoms with Crippen molar-refractivity contribution in [1.82, 2.24) is 25.3 Å². The van der Waals surface area contributed by atoms with Crippen LogP contribution in [-0.4, -0.2) is 25.9 Å². The zero-order valence-corrected chi connectivity index (χ0v) is 15.6. The third-order valence-corrected chi connectivity index (χ3v) is 4.66. The van der Waals surface area contributed by atoms with E-state index in [9.17, 15) is 9.59 Å². The zero-order valence-electron chi connectivity index (χ0n) is 15.6. The topological polar surface area (TPSA) is 89.8 Å². The second kappa shape index (κ2) is 8.43. The predicted molar refractivity (Wildman–Crippen MR) is 109 cm³/mol. The van der Waals surface area contributed by atoms with Gasteiger partial charge in [-0.1, -0.05) is 47.7 Å². The van der Waals surface area contributed by atoms with Gasteiger partial charge >= 0.3 is 0 Å². The fourth-order valence-electron chi connectivity index (χ4n) is 3.17. The molecular weight excluding hydrogens is 366 g/mol. The van der Waals surface area contributed by atoms with Crippen molar-refractivity contribution in [2.45, 2.75) is 19.0 Å². The van der Waals surface area contributed by atoms with Crippen molar-refractivity contribution in [1.29, 1.82) is 0 Å². The quantitative estimate of drug-likeness (QED) is 0.551. The minimum atomic E-state index is -0.300. The Balaban J connectivity index is 1.50. The van der Waals surface area contributed by atoms with Crippen LogP contribution in [0.5, 0.6) is 0 Å². The van der Waals surface area contributed by atoms with Gasteiger partial charge in [0.25, 0.3) is 5.56 Å². The Bertz CT molecular complexity index is 1140. The summed E-state index contributed by atoms with van der Waals surface area (Å²) in [6.45, 7) is 0.153. The first kappa shape index (κ1) is 18.5. The summed E-state index contributed by atoms with van der Waals surface area (Å²) in [4.78, 5) is 29.2. The Kier molecular flexibility index (Phi) is 5.38. The molecule has 0 aliphatic heterocycles. The van der Waals surface area contributed by atoms with Crippen molar-refractivity contribution >= 4 is 16.8 Å². The highest BCUT2D eigenvalue weighted by atomic mass is 16.2. The molecule has 0 spiro atoms. The van der Waals surface area contributed by atoms with Crippen molar-refractivity contribution in [3.63, 3.8) is 0 Å². The van der Waals surface area contributed by atoms with Crippen LogP contribution in [0.25, 0.3) is 10.9 Å². The van der Waals surface area contributed by atoms with Gasteiger partial charge in [0.1, 0.15) is 5.52 Å². The third-order valence-electron chi connectivity index (χ3n) is 4.66. The van der Waals surface area contributed by atoms with Crippen molar-refractivity contribution < 1.29 is 4.79 Å². The number of nitrogens with one attached hydrogen (secondary N) is 1. The van der Waals surface area contributed by atoms with E-state index >= 15 is 0 Å². The van der Waals surface area contributed by atoms with E-state index in [0.717, 1.165) is 11.1 Å². The normalized spacial score (nSPS) is 11.9. The first-order valence-electron chi connectivity index (χ1n) is 9.29. The van der Waals surface area contributed by atoms with Gasteiger partial charge in [-0.15, -0.1) is 5.10 Å². The van der Waals surface area contributed by atoms with Crippen LogP contribution in [0.4, 0.5) is 0 Å². The molecular formula is C22H19N5O2. The standard InChI is InChI=1S/C22H19N5O2/c28-20(12-15-27-22(29)18-8-4-5-9-19(18)25-26-27)24-21(16-6-2-1-3-7-16)17-10-13-23-14-11-17/h1-11,13-14,21H,12,15H2,(H,24,28). The molecule has 1 N–H and O–H groups in total. The van der Waals surface area contributed by atoms with Gasteiger partial charge in [-0.05, 0) is 35.4 Å². The molecule has 1 atom stereocenters. The summed E-state index contributed by atoms with van der Waals surface area (Å²) < 4.78 is 1.23. The molecule has 7 heteroatoms. The van der Waals surface area contributed by atoms with Crippen LogP contribution in [0.1, 0.15) is 23.6 Å². The molecule has 0 saturated heterocycles. The number of hydrogen-bond donors (Lipinski definition) is 1. The van der Waals surface area contributed by atoms with Gasteiger partial charge in [0.15, 0.2) is 0 Å². The molecule has 1 unspecified atom stereocenters. The predicted octanol–water partition coefficient (Wildman–Crippen LogP) is 2.48. The van der Waals surface area contributed by atoms with Gasteiger partial charge in [-0.25, -0.2) is 4.68 Å². The van der Waals surface area contributed by atoms with Crippen LogP contribution < -0.4 is 10.9 Å². The largest absolute Gasteiger partial charge is 0.345 e. The van der Waals surface area contributed by atoms with E-state index in [-0.39, 0.29) is 30.5 Å². The minimum absolute atomic E-state index is 0.112. The van der Waals surface area contributed by atoms with Crippen LogP contribution in [0.3, 0.4) is 0 Å². The highest BCUT2D eigenvalue weighted by Crippen LogP contribution is 2.21. The second-order valence-electron chi connectivity index (χ2n) is 6.58. The Hall–Kier alpha value is -3.87. The molecule has 4 aromatic rings. The van der Waals surface area contributed by atoms with Crippen molar-refractivity contribution in [2.24, 2.45) is 0 Å². The number of hydrogen-bond acceptors (Lipinski definition) is 5. The average Bonchev–Trinajstić information content (AvgIpc) is 2.78. The van der Waals surface area contributed by atoms with Crippen molar-refractivity contribution in [3.05, 3.63) is 101 Å². The van der Waals surface area contributed by atoms with Gasteiger partial charge in [-0.2, -0.15) is 0 Å². The number of benzene rings is 2. The summed E-state index contributed by atoms with van der Waals surface area (Å²) in [6.07, 6.45) is 3.50. The number of pyridine rings is 1. The maximum Gasteiger partial charge on any atom is 0.277 e. The number of fused-ring (bicyclic) bond motifs is 1. The monoisotopic (exact) mass is 385 g/mol. The Morgan fingerprint density at radius 1 is 0.931 bits per heavy atom. The third kappa shape index (κ3) is 4.19. The Morgan fingerprint density at radius 3 is 2.41 bits per heavy atom. The SMILES string of the molecule is O=C(CCn1nnc2ccccc2c1=O)NC(c1ccccc1)c1ccncc1. The molecule has 2 heterocycles. The molecule has 144 valence electrons. The summed E-state index contributed by atoms with van der Waals surface area (Å²) in [6, 6.07) is 20.2. The summed E-state index contributed by atoms with van der Waals surface area (Å²) >= 11 is 0. The first-order chi connectivity index (χ1) is 14.2. The Morgan fingerprint density at radius 2 is 1.62 bits per heavy atom. The lowest BCUT2D eigenvalue weighted by molar-refractivity contribution is -0.121. The van der Waals surface area contributed by atoms with Crippen LogP contribution in [0.15, 0.2) is 83.9 Å². The van der Waals surface area contributed by atoms with E-state index in [1.54, 1.807) is 36.7 Å². The maximum atomic E-state index is 12.7. The molecule has 29 heavy (non-hydrogen) atoms. The molecule has 0 aliphatic rings. The molecule has 7 nitrogen and oxygen atoms in total. The van der Waals surface area contributed by atoms with Crippen LogP contribution in [-0.2, 0) is 11.3 Å². The van der Waals surface area contributed by atoms with Gasteiger partial charge in [0, 0.05) is 18.8 Å². The molecule has 1 amide bonds. The molecule has 0 fully saturated rings. The van der Waals surface area contributed by atoms with Crippen molar-refractivity contribution in [3.8, 4) is 0 Å². The second-order valence-corrected chi connectivity index (χ2v) is 6.58. The lowest BCUT2D eigenvalue weighted by atomic mass is 9.99. The van der Waals surface area contributed by atoms with Crippen LogP contribution >= 0.6 is 0 Å². The Labute approximate surface area is 167 Å². The molecule has 2 aromatic heterocycles. The van der Waals surface area contributed by atoms with Gasteiger partial charge in [0.05, 0.1) is 18.0 Å². The van der Waals surface area contributed by atoms with Gasteiger partial charge in [-0.3, -0.25) is 14.6 Å². The fraction of sp³-hybridized carbons (Fsp3) is 0.136. The van der Waals surface area contributed by atoms with Crippen LogP contribution in [0.2, 0.25) is 0 Å². The number of amides is 1. The minimum Gasteiger partial charge on any atom is -0.345 e. The zero-order chi connectivity index (χ0) is 20.1. The van der Waals surface area contributed by atoms with Crippen molar-refractivity contribution in [2.75, 3.05) is 0 Å². The van der Waals surface area contributed by atoms with Gasteiger partial charge in [0.2, 0.25) is 5.91 Å². The highest BCUT2D eigenvalue weighted by Gasteiger charge is 2.17. The summed E-state index contributed by atoms with van der Waals surface area (Å²) in [5.41, 5.74) is 2.19. The van der Waals surface area contributed by atoms with E-state index in [1.165, 1.54) is 4.68 Å². The van der Waals surface area contributed by atoms with E-state index < -0.39 is 0 Å². The highest BCUT2D eigenvalue weighted by molar-refractivity contribution is 5.77. The summed E-state index contributed by atoms with van der Waals surface area (Å²) in [7, 11) is 0. The smallest absolute Gasteiger partial charge is 0.277 e. The average molecular weight is 385 g/mol. The van der Waals surface area contributed by atoms with E-state index in [2.05, 4.69) is 20.6 Å². The molecule has 0 bridgehead atoms. The molecule has 4 rings (SSSR count). The van der Waals surface area contributed by atoms with E-state index in [4.69, 9.17) is 0 Å². The number of aryl methyl sites for hydroxylation is 1. The lowest BCUT2D eigenvalue weighted by Crippen LogP contribution is -2.32. The molecule has 0 aliphatic carbocycles. The summed E-state index contributed by atoms with van der Waals surface area (Å²) in [5.74, 6) is -0.183. The van der Waals surface area contributed by atoms with Gasteiger partial charge < -0.3 is 5.32 Å². The number of carbonyl (C=O) groups is 1. The van der Waals surface area contributed by atoms with Crippen LogP contribution in [0, 0.1) is 0 Å². The fourth-order valence-corrected chi connectivity index (χ4v) is 3.17. The van der Waals surface area contributed by atoms with E-state index in [0.29, 0.717) is 10.9 Å².